The Kier molecular flexibility index (Phi) is 6.59. The molecule has 42 heavy (non-hydrogen) atoms. The lowest BCUT2D eigenvalue weighted by atomic mass is 9.77. The highest BCUT2D eigenvalue weighted by Crippen LogP contribution is 2.44. The van der Waals surface area contributed by atoms with Crippen molar-refractivity contribution in [2.75, 3.05) is 5.32 Å². The molecule has 6 aromatic rings. The molecule has 0 bridgehead atoms. The molecular weight excluding hydrogens is 591 g/mol. The summed E-state index contributed by atoms with van der Waals surface area (Å²) in [5.41, 5.74) is 5.86. The summed E-state index contributed by atoms with van der Waals surface area (Å²) in [6, 6.07) is 41.3. The summed E-state index contributed by atoms with van der Waals surface area (Å²) < 4.78 is 16.2. The van der Waals surface area contributed by atoms with E-state index in [4.69, 9.17) is 5.10 Å². The molecule has 0 saturated heterocycles. The molecular formula is C35H26BrFN4O. The van der Waals surface area contributed by atoms with Crippen molar-refractivity contribution in [2.24, 2.45) is 0 Å². The number of aromatic nitrogens is 2. The van der Waals surface area contributed by atoms with Gasteiger partial charge in [-0.1, -0.05) is 103 Å². The van der Waals surface area contributed by atoms with Crippen molar-refractivity contribution in [2.45, 2.75) is 18.6 Å². The van der Waals surface area contributed by atoms with Gasteiger partial charge in [-0.15, -0.1) is 0 Å². The van der Waals surface area contributed by atoms with Crippen LogP contribution in [0.2, 0.25) is 0 Å². The SMILES string of the molecule is O=C1Nc2cc3c(cc2CN1Cc1ccc(F)cc1)c(Br)nn3C(c1ccccc1)(c1ccccc1)c1ccccc1. The molecule has 0 spiro atoms. The Bertz CT molecular complexity index is 1790. The van der Waals surface area contributed by atoms with Crippen molar-refractivity contribution >= 4 is 38.6 Å². The second-order valence-corrected chi connectivity index (χ2v) is 11.2. The minimum atomic E-state index is -0.796. The number of nitrogens with one attached hydrogen (secondary N) is 1. The van der Waals surface area contributed by atoms with Crippen LogP contribution in [-0.2, 0) is 18.6 Å². The third-order valence-corrected chi connectivity index (χ3v) is 8.51. The van der Waals surface area contributed by atoms with Gasteiger partial charge in [-0.25, -0.2) is 13.9 Å². The normalized spacial score (nSPS) is 13.2. The van der Waals surface area contributed by atoms with E-state index in [-0.39, 0.29) is 11.8 Å². The molecule has 0 fully saturated rings. The van der Waals surface area contributed by atoms with Crippen molar-refractivity contribution in [3.63, 3.8) is 0 Å². The van der Waals surface area contributed by atoms with Crippen LogP contribution < -0.4 is 5.32 Å². The standard InChI is InChI=1S/C35H26BrFN4O/c36-33-30-20-25-23-40(22-24-16-18-29(37)19-17-24)34(42)38-31(25)21-32(30)41(39-33)35(26-10-4-1-5-11-26,27-12-6-2-7-13-27)28-14-8-3-9-15-28/h1-21H,22-23H2,(H,38,42). The highest BCUT2D eigenvalue weighted by Gasteiger charge is 2.41. The Morgan fingerprint density at radius 3 is 1.88 bits per heavy atom. The van der Waals surface area contributed by atoms with E-state index in [9.17, 15) is 9.18 Å². The average molecular weight is 618 g/mol. The first-order valence-corrected chi connectivity index (χ1v) is 14.5. The first-order valence-electron chi connectivity index (χ1n) is 13.7. The lowest BCUT2D eigenvalue weighted by molar-refractivity contribution is 0.204. The van der Waals surface area contributed by atoms with Crippen LogP contribution in [0.3, 0.4) is 0 Å². The zero-order chi connectivity index (χ0) is 28.7. The van der Waals surface area contributed by atoms with E-state index in [0.717, 1.165) is 49.0 Å². The zero-order valence-corrected chi connectivity index (χ0v) is 24.1. The van der Waals surface area contributed by atoms with E-state index in [1.807, 2.05) is 24.3 Å². The van der Waals surface area contributed by atoms with Crippen molar-refractivity contribution in [3.05, 3.63) is 166 Å². The molecule has 1 aliphatic rings. The number of hydrogen-bond donors (Lipinski definition) is 1. The number of anilines is 1. The Morgan fingerprint density at radius 2 is 1.33 bits per heavy atom. The van der Waals surface area contributed by atoms with E-state index < -0.39 is 5.54 Å². The number of benzene rings is 5. The van der Waals surface area contributed by atoms with Crippen molar-refractivity contribution in [1.29, 1.82) is 0 Å². The summed E-state index contributed by atoms with van der Waals surface area (Å²) in [5, 5.41) is 9.19. The Morgan fingerprint density at radius 1 is 0.786 bits per heavy atom. The largest absolute Gasteiger partial charge is 0.322 e. The number of carbonyl (C=O) groups is 1. The predicted octanol–water partition coefficient (Wildman–Crippen LogP) is 8.33. The van der Waals surface area contributed by atoms with Gasteiger partial charge >= 0.3 is 6.03 Å². The van der Waals surface area contributed by atoms with Gasteiger partial charge in [0.05, 0.1) is 5.52 Å². The van der Waals surface area contributed by atoms with Crippen molar-refractivity contribution in [3.8, 4) is 0 Å². The zero-order valence-electron chi connectivity index (χ0n) is 22.5. The first-order chi connectivity index (χ1) is 20.5. The molecule has 0 atom stereocenters. The third kappa shape index (κ3) is 4.37. The second-order valence-electron chi connectivity index (χ2n) is 10.5. The topological polar surface area (TPSA) is 50.2 Å². The molecule has 1 aliphatic heterocycles. The molecule has 5 nitrogen and oxygen atoms in total. The molecule has 1 N–H and O–H groups in total. The molecule has 206 valence electrons. The minimum absolute atomic E-state index is 0.197. The van der Waals surface area contributed by atoms with E-state index in [2.05, 4.69) is 105 Å². The quantitative estimate of drug-likeness (QED) is 0.191. The molecule has 0 saturated carbocycles. The van der Waals surface area contributed by atoms with Crippen LogP contribution in [0.25, 0.3) is 10.9 Å². The van der Waals surface area contributed by atoms with Gasteiger partial charge in [0, 0.05) is 24.2 Å². The summed E-state index contributed by atoms with van der Waals surface area (Å²) >= 11 is 3.77. The Hall–Kier alpha value is -4.75. The maximum absolute atomic E-state index is 13.4. The maximum atomic E-state index is 13.4. The van der Waals surface area contributed by atoms with E-state index in [0.29, 0.717) is 13.1 Å². The summed E-state index contributed by atoms with van der Waals surface area (Å²) in [6.45, 7) is 0.802. The maximum Gasteiger partial charge on any atom is 0.322 e. The number of carbonyl (C=O) groups excluding carboxylic acids is 1. The minimum Gasteiger partial charge on any atom is -0.316 e. The molecule has 0 radical (unpaired) electrons. The van der Waals surface area contributed by atoms with Crippen molar-refractivity contribution < 1.29 is 9.18 Å². The van der Waals surface area contributed by atoms with Gasteiger partial charge in [0.15, 0.2) is 0 Å². The molecule has 1 aromatic heterocycles. The number of fused-ring (bicyclic) bond motifs is 2. The van der Waals surface area contributed by atoms with E-state index in [1.54, 1.807) is 17.0 Å². The van der Waals surface area contributed by atoms with E-state index in [1.165, 1.54) is 12.1 Å². The molecule has 2 heterocycles. The Balaban J connectivity index is 1.42. The number of rotatable bonds is 6. The lowest BCUT2D eigenvalue weighted by Crippen LogP contribution is -2.39. The average Bonchev–Trinajstić information content (AvgIpc) is 3.34. The van der Waals surface area contributed by atoms with Crippen molar-refractivity contribution in [1.82, 2.24) is 14.7 Å². The number of halogens is 2. The summed E-state index contributed by atoms with van der Waals surface area (Å²) in [6.07, 6.45) is 0. The monoisotopic (exact) mass is 616 g/mol. The fraction of sp³-hybridized carbons (Fsp3) is 0.0857. The first kappa shape index (κ1) is 26.2. The number of urea groups is 1. The number of nitrogens with zero attached hydrogens (tertiary/aromatic N) is 3. The Labute approximate surface area is 251 Å². The van der Waals surface area contributed by atoms with Crippen LogP contribution in [0.1, 0.15) is 27.8 Å². The molecule has 5 aromatic carbocycles. The van der Waals surface area contributed by atoms with Crippen LogP contribution in [0.4, 0.5) is 14.9 Å². The lowest BCUT2D eigenvalue weighted by Gasteiger charge is -2.37. The highest BCUT2D eigenvalue weighted by atomic mass is 79.9. The van der Waals surface area contributed by atoms with Gasteiger partial charge in [0.25, 0.3) is 0 Å². The van der Waals surface area contributed by atoms with Gasteiger partial charge in [0.1, 0.15) is 16.0 Å². The van der Waals surface area contributed by atoms with Gasteiger partial charge in [-0.3, -0.25) is 0 Å². The number of hydrogen-bond acceptors (Lipinski definition) is 2. The highest BCUT2D eigenvalue weighted by molar-refractivity contribution is 9.10. The van der Waals surface area contributed by atoms with Gasteiger partial charge in [-0.2, -0.15) is 5.10 Å². The second kappa shape index (κ2) is 10.6. The number of amides is 2. The summed E-state index contributed by atoms with van der Waals surface area (Å²) in [7, 11) is 0. The van der Waals surface area contributed by atoms with Gasteiger partial charge in [-0.05, 0) is 68.0 Å². The smallest absolute Gasteiger partial charge is 0.316 e. The predicted molar refractivity (Wildman–Crippen MR) is 167 cm³/mol. The van der Waals surface area contributed by atoms with Crippen LogP contribution in [0.15, 0.2) is 132 Å². The summed E-state index contributed by atoms with van der Waals surface area (Å²) in [5.74, 6) is -0.297. The molecule has 0 aliphatic carbocycles. The van der Waals surface area contributed by atoms with Gasteiger partial charge in [0.2, 0.25) is 0 Å². The van der Waals surface area contributed by atoms with Crippen LogP contribution in [0.5, 0.6) is 0 Å². The van der Waals surface area contributed by atoms with Crippen LogP contribution in [-0.4, -0.2) is 20.7 Å². The molecule has 7 rings (SSSR count). The summed E-state index contributed by atoms with van der Waals surface area (Å²) in [4.78, 5) is 14.9. The molecule has 0 unspecified atom stereocenters. The van der Waals surface area contributed by atoms with Crippen LogP contribution >= 0.6 is 15.9 Å². The fourth-order valence-corrected chi connectivity index (χ4v) is 6.46. The van der Waals surface area contributed by atoms with Crippen LogP contribution in [0, 0.1) is 5.82 Å². The molecule has 7 heteroatoms. The van der Waals surface area contributed by atoms with Gasteiger partial charge < -0.3 is 10.2 Å². The molecule has 2 amide bonds. The fourth-order valence-electron chi connectivity index (χ4n) is 5.99. The third-order valence-electron chi connectivity index (χ3n) is 7.93. The van der Waals surface area contributed by atoms with E-state index >= 15 is 0 Å².